The molecule has 4 rings (SSSR count). The second kappa shape index (κ2) is 9.88. The molecule has 0 aliphatic rings. The molecule has 2 N–H and O–H groups in total. The molecule has 0 spiro atoms. The number of aliphatic hydroxyl groups is 2. The van der Waals surface area contributed by atoms with Crippen molar-refractivity contribution in [2.24, 2.45) is 0 Å². The Kier molecular flexibility index (Phi) is 6.94. The Morgan fingerprint density at radius 1 is 0.939 bits per heavy atom. The molecule has 0 fully saturated rings. The molecule has 33 heavy (non-hydrogen) atoms. The van der Waals surface area contributed by atoms with Crippen LogP contribution in [-0.2, 0) is 5.60 Å². The van der Waals surface area contributed by atoms with Crippen molar-refractivity contribution in [1.82, 2.24) is 4.98 Å². The number of pyridine rings is 1. The number of halogens is 1. The first kappa shape index (κ1) is 23.2. The minimum atomic E-state index is -0.966. The molecule has 0 bridgehead atoms. The molecule has 1 heterocycles. The molecular weight excluding hydrogens is 430 g/mol. The van der Waals surface area contributed by atoms with Crippen LogP contribution in [0, 0.1) is 0 Å². The second-order valence-corrected chi connectivity index (χ2v) is 9.22. The van der Waals surface area contributed by atoms with Gasteiger partial charge in [0.1, 0.15) is 0 Å². The third kappa shape index (κ3) is 5.51. The molecule has 0 unspecified atom stereocenters. The standard InChI is InChI=1S/C29H28ClNO2/c1-29(2,33)27-9-4-3-8-26(27)25(16-17-32)22-7-5-6-20(18-22)10-14-24-15-12-21-11-13-23(30)19-28(21)31-24/h3-15,18-19,25,32-33H,16-17H2,1-2H3/b14-10+/t25-/m1/s1. The number of hydrogen-bond donors (Lipinski definition) is 2. The third-order valence-corrected chi connectivity index (χ3v) is 6.08. The molecule has 0 amide bonds. The van der Waals surface area contributed by atoms with E-state index < -0.39 is 5.60 Å². The van der Waals surface area contributed by atoms with Crippen LogP contribution in [0.15, 0.2) is 78.9 Å². The fourth-order valence-corrected chi connectivity index (χ4v) is 4.42. The highest BCUT2D eigenvalue weighted by molar-refractivity contribution is 6.31. The first-order valence-corrected chi connectivity index (χ1v) is 11.5. The van der Waals surface area contributed by atoms with Gasteiger partial charge in [0.15, 0.2) is 0 Å². The van der Waals surface area contributed by atoms with E-state index in [1.54, 1.807) is 13.8 Å². The maximum atomic E-state index is 10.7. The van der Waals surface area contributed by atoms with Crippen LogP contribution in [0.25, 0.3) is 23.1 Å². The van der Waals surface area contributed by atoms with E-state index in [2.05, 4.69) is 18.2 Å². The summed E-state index contributed by atoms with van der Waals surface area (Å²) in [6, 6.07) is 26.0. The summed E-state index contributed by atoms with van der Waals surface area (Å²) in [7, 11) is 0. The Hall–Kier alpha value is -2.98. The highest BCUT2D eigenvalue weighted by Gasteiger charge is 2.25. The normalized spacial score (nSPS) is 13.0. The zero-order valence-corrected chi connectivity index (χ0v) is 19.6. The summed E-state index contributed by atoms with van der Waals surface area (Å²) in [5, 5.41) is 22.2. The molecule has 0 aliphatic carbocycles. The van der Waals surface area contributed by atoms with Crippen LogP contribution in [0.3, 0.4) is 0 Å². The number of hydrogen-bond acceptors (Lipinski definition) is 3. The summed E-state index contributed by atoms with van der Waals surface area (Å²) in [5.41, 5.74) is 4.81. The fraction of sp³-hybridized carbons (Fsp3) is 0.207. The van der Waals surface area contributed by atoms with Crippen LogP contribution >= 0.6 is 11.6 Å². The van der Waals surface area contributed by atoms with Crippen LogP contribution in [0.5, 0.6) is 0 Å². The summed E-state index contributed by atoms with van der Waals surface area (Å²) in [6.07, 6.45) is 4.61. The molecule has 1 atom stereocenters. The van der Waals surface area contributed by atoms with Gasteiger partial charge >= 0.3 is 0 Å². The topological polar surface area (TPSA) is 53.4 Å². The second-order valence-electron chi connectivity index (χ2n) is 8.79. The number of aromatic nitrogens is 1. The molecule has 0 radical (unpaired) electrons. The summed E-state index contributed by atoms with van der Waals surface area (Å²) in [4.78, 5) is 4.69. The SMILES string of the molecule is CC(C)(O)c1ccccc1[C@H](CCO)c1cccc(/C=C/c2ccc3ccc(Cl)cc3n2)c1. The van der Waals surface area contributed by atoms with Crippen molar-refractivity contribution in [2.75, 3.05) is 6.61 Å². The number of rotatable bonds is 7. The van der Waals surface area contributed by atoms with Gasteiger partial charge in [-0.3, -0.25) is 0 Å². The van der Waals surface area contributed by atoms with Crippen LogP contribution in [0.2, 0.25) is 5.02 Å². The van der Waals surface area contributed by atoms with Gasteiger partial charge in [0.05, 0.1) is 16.8 Å². The van der Waals surface area contributed by atoms with Gasteiger partial charge in [-0.1, -0.05) is 78.3 Å². The van der Waals surface area contributed by atoms with Crippen molar-refractivity contribution in [3.8, 4) is 0 Å². The van der Waals surface area contributed by atoms with Crippen LogP contribution in [0.1, 0.15) is 54.1 Å². The third-order valence-electron chi connectivity index (χ3n) is 5.85. The van der Waals surface area contributed by atoms with Gasteiger partial charge in [0.25, 0.3) is 0 Å². The molecule has 3 aromatic carbocycles. The smallest absolute Gasteiger partial charge is 0.0843 e. The van der Waals surface area contributed by atoms with Crippen LogP contribution < -0.4 is 0 Å². The molecule has 3 nitrogen and oxygen atoms in total. The van der Waals surface area contributed by atoms with E-state index in [0.717, 1.165) is 38.9 Å². The van der Waals surface area contributed by atoms with Gasteiger partial charge in [-0.25, -0.2) is 4.98 Å². The summed E-state index contributed by atoms with van der Waals surface area (Å²) in [6.45, 7) is 3.66. The van der Waals surface area contributed by atoms with E-state index in [1.165, 1.54) is 0 Å². The Labute approximate surface area is 200 Å². The van der Waals surface area contributed by atoms with Crippen molar-refractivity contribution in [2.45, 2.75) is 31.8 Å². The van der Waals surface area contributed by atoms with Crippen molar-refractivity contribution in [1.29, 1.82) is 0 Å². The van der Waals surface area contributed by atoms with Crippen molar-refractivity contribution >= 4 is 34.7 Å². The lowest BCUT2D eigenvalue weighted by Crippen LogP contribution is -2.20. The van der Waals surface area contributed by atoms with Gasteiger partial charge < -0.3 is 10.2 Å². The Balaban J connectivity index is 1.67. The summed E-state index contributed by atoms with van der Waals surface area (Å²) in [5.74, 6) is -0.0214. The predicted molar refractivity (Wildman–Crippen MR) is 137 cm³/mol. The first-order chi connectivity index (χ1) is 15.8. The Morgan fingerprint density at radius 2 is 1.73 bits per heavy atom. The fourth-order valence-electron chi connectivity index (χ4n) is 4.25. The maximum absolute atomic E-state index is 10.7. The number of aliphatic hydroxyl groups excluding tert-OH is 1. The average molecular weight is 458 g/mol. The van der Waals surface area contributed by atoms with Gasteiger partial charge in [-0.2, -0.15) is 0 Å². The molecule has 0 aliphatic heterocycles. The first-order valence-electron chi connectivity index (χ1n) is 11.1. The Morgan fingerprint density at radius 3 is 2.52 bits per heavy atom. The van der Waals surface area contributed by atoms with Gasteiger partial charge in [0, 0.05) is 22.9 Å². The minimum absolute atomic E-state index is 0.0214. The Bertz CT molecular complexity index is 1290. The summed E-state index contributed by atoms with van der Waals surface area (Å²) >= 11 is 6.11. The van der Waals surface area contributed by atoms with Crippen molar-refractivity contribution in [3.05, 3.63) is 112 Å². The van der Waals surface area contributed by atoms with E-state index in [4.69, 9.17) is 16.6 Å². The number of fused-ring (bicyclic) bond motifs is 1. The van der Waals surface area contributed by atoms with Gasteiger partial charge in [-0.05, 0) is 66.8 Å². The quantitative estimate of drug-likeness (QED) is 0.321. The zero-order valence-electron chi connectivity index (χ0n) is 18.9. The lowest BCUT2D eigenvalue weighted by atomic mass is 9.81. The maximum Gasteiger partial charge on any atom is 0.0843 e. The summed E-state index contributed by atoms with van der Waals surface area (Å²) < 4.78 is 0. The average Bonchev–Trinajstić information content (AvgIpc) is 2.80. The van der Waals surface area contributed by atoms with Crippen molar-refractivity contribution < 1.29 is 10.2 Å². The largest absolute Gasteiger partial charge is 0.396 e. The minimum Gasteiger partial charge on any atom is -0.396 e. The molecular formula is C29H28ClNO2. The van der Waals surface area contributed by atoms with Crippen LogP contribution in [-0.4, -0.2) is 21.8 Å². The van der Waals surface area contributed by atoms with Crippen molar-refractivity contribution in [3.63, 3.8) is 0 Å². The lowest BCUT2D eigenvalue weighted by Gasteiger charge is -2.27. The van der Waals surface area contributed by atoms with Crippen LogP contribution in [0.4, 0.5) is 0 Å². The molecule has 1 aromatic heterocycles. The van der Waals surface area contributed by atoms with Gasteiger partial charge in [0.2, 0.25) is 0 Å². The molecule has 0 saturated carbocycles. The molecule has 0 saturated heterocycles. The molecule has 4 aromatic rings. The number of benzene rings is 3. The van der Waals surface area contributed by atoms with Gasteiger partial charge in [-0.15, -0.1) is 0 Å². The van der Waals surface area contributed by atoms with E-state index in [-0.39, 0.29) is 12.5 Å². The highest BCUT2D eigenvalue weighted by Crippen LogP contribution is 2.35. The van der Waals surface area contributed by atoms with E-state index >= 15 is 0 Å². The molecule has 168 valence electrons. The van der Waals surface area contributed by atoms with E-state index in [9.17, 15) is 10.2 Å². The van der Waals surface area contributed by atoms with E-state index in [0.29, 0.717) is 11.4 Å². The lowest BCUT2D eigenvalue weighted by molar-refractivity contribution is 0.0772. The number of nitrogens with zero attached hydrogens (tertiary/aromatic N) is 1. The monoisotopic (exact) mass is 457 g/mol. The molecule has 4 heteroatoms. The highest BCUT2D eigenvalue weighted by atomic mass is 35.5. The zero-order chi connectivity index (χ0) is 23.4. The van der Waals surface area contributed by atoms with E-state index in [1.807, 2.05) is 72.8 Å². The predicted octanol–water partition coefficient (Wildman–Crippen LogP) is 6.80.